The van der Waals surface area contributed by atoms with E-state index >= 15 is 0 Å². The molecule has 1 heterocycles. The van der Waals surface area contributed by atoms with Crippen LogP contribution in [-0.2, 0) is 28.9 Å². The van der Waals surface area contributed by atoms with Crippen molar-refractivity contribution >= 4 is 30.9 Å². The average molecular weight is 515 g/mol. The molecule has 4 rings (SSSR count). The molecule has 9 nitrogen and oxygen atoms in total. The highest BCUT2D eigenvalue weighted by atomic mass is 28.4. The molecule has 192 valence electrons. The van der Waals surface area contributed by atoms with Crippen molar-refractivity contribution in [3.05, 3.63) is 57.9 Å². The molecule has 36 heavy (non-hydrogen) atoms. The number of hydrogen-bond acceptors (Lipinski definition) is 9. The molecule has 0 amide bonds. The normalized spacial score (nSPS) is 24.1. The number of carbonyl (C=O) groups is 2. The number of methoxy groups -OCH3 is 4. The van der Waals surface area contributed by atoms with Crippen LogP contribution in [0, 0.1) is 5.92 Å². The van der Waals surface area contributed by atoms with E-state index < -0.39 is 42.7 Å². The van der Waals surface area contributed by atoms with Crippen LogP contribution in [-0.4, -0.2) is 54.4 Å². The lowest BCUT2D eigenvalue weighted by atomic mass is 9.58. The highest BCUT2D eigenvalue weighted by Crippen LogP contribution is 2.50. The molecule has 0 aliphatic heterocycles. The van der Waals surface area contributed by atoms with Gasteiger partial charge in [0.15, 0.2) is 17.0 Å². The van der Waals surface area contributed by atoms with Gasteiger partial charge in [0.1, 0.15) is 33.6 Å². The largest absolute Gasteiger partial charge is 0.547 e. The fraction of sp³-hybridized carbons (Fsp3) is 0.423. The predicted octanol–water partition coefficient (Wildman–Crippen LogP) is 3.50. The number of rotatable bonds is 7. The van der Waals surface area contributed by atoms with Crippen LogP contribution in [0.1, 0.15) is 12.2 Å². The summed E-state index contributed by atoms with van der Waals surface area (Å²) >= 11 is 0. The molecular formula is C26H30O9Si. The van der Waals surface area contributed by atoms with E-state index in [2.05, 4.69) is 0 Å². The molecule has 3 unspecified atom stereocenters. The lowest BCUT2D eigenvalue weighted by Crippen LogP contribution is -2.59. The fourth-order valence-electron chi connectivity index (χ4n) is 5.05. The lowest BCUT2D eigenvalue weighted by molar-refractivity contribution is -0.141. The Morgan fingerprint density at radius 2 is 1.69 bits per heavy atom. The summed E-state index contributed by atoms with van der Waals surface area (Å²) in [4.78, 5) is 40.8. The number of ether oxygens (including phenoxy) is 4. The van der Waals surface area contributed by atoms with Gasteiger partial charge in [-0.05, 0) is 25.7 Å². The van der Waals surface area contributed by atoms with Crippen molar-refractivity contribution in [3.8, 4) is 11.5 Å². The summed E-state index contributed by atoms with van der Waals surface area (Å²) < 4.78 is 34.2. The first-order valence-corrected chi connectivity index (χ1v) is 14.9. The third kappa shape index (κ3) is 4.03. The number of ketones is 2. The van der Waals surface area contributed by atoms with Crippen LogP contribution in [0.3, 0.4) is 0 Å². The molecule has 3 atom stereocenters. The molecule has 10 heteroatoms. The highest BCUT2D eigenvalue weighted by Gasteiger charge is 2.62. The zero-order valence-corrected chi connectivity index (χ0v) is 22.4. The quantitative estimate of drug-likeness (QED) is 0.513. The minimum Gasteiger partial charge on any atom is -0.547 e. The van der Waals surface area contributed by atoms with Crippen LogP contribution in [0.25, 0.3) is 11.0 Å². The van der Waals surface area contributed by atoms with Crippen molar-refractivity contribution in [2.45, 2.75) is 37.6 Å². The van der Waals surface area contributed by atoms with Gasteiger partial charge in [0, 0.05) is 37.8 Å². The summed E-state index contributed by atoms with van der Waals surface area (Å²) in [6.45, 7) is 6.07. The Kier molecular flexibility index (Phi) is 6.61. The number of Topliss-reactive ketones (excluding diaryl/α,β-unsaturated/α-hetero) is 1. The molecule has 0 saturated heterocycles. The van der Waals surface area contributed by atoms with Gasteiger partial charge < -0.3 is 27.8 Å². The monoisotopic (exact) mass is 514 g/mol. The Bertz CT molecular complexity index is 1350. The van der Waals surface area contributed by atoms with Gasteiger partial charge in [0.05, 0.1) is 39.1 Å². The van der Waals surface area contributed by atoms with E-state index in [9.17, 15) is 14.4 Å². The maximum absolute atomic E-state index is 13.9. The van der Waals surface area contributed by atoms with Crippen LogP contribution in [0.5, 0.6) is 11.5 Å². The van der Waals surface area contributed by atoms with Crippen molar-refractivity contribution in [2.75, 3.05) is 28.4 Å². The van der Waals surface area contributed by atoms with E-state index in [0.717, 1.165) is 6.08 Å². The Balaban J connectivity index is 2.04. The molecule has 0 N–H and O–H groups in total. The van der Waals surface area contributed by atoms with E-state index in [1.165, 1.54) is 34.5 Å². The van der Waals surface area contributed by atoms with E-state index in [0.29, 0.717) is 11.5 Å². The topological polar surface area (TPSA) is 111 Å². The smallest absolute Gasteiger partial charge is 0.241 e. The minimum absolute atomic E-state index is 0.0141. The third-order valence-corrected chi connectivity index (χ3v) is 7.39. The number of benzene rings is 1. The number of allylic oxidation sites excluding steroid dienone is 3. The van der Waals surface area contributed by atoms with Gasteiger partial charge in [-0.15, -0.1) is 0 Å². The summed E-state index contributed by atoms with van der Waals surface area (Å²) in [7, 11) is 3.64. The second-order valence-electron chi connectivity index (χ2n) is 9.75. The number of carbonyl (C=O) groups excluding carboxylic acids is 2. The molecule has 1 aromatic carbocycles. The molecule has 0 bridgehead atoms. The molecule has 2 aromatic rings. The van der Waals surface area contributed by atoms with Gasteiger partial charge in [-0.3, -0.25) is 14.4 Å². The summed E-state index contributed by atoms with van der Waals surface area (Å²) in [5.74, 6) is -0.642. The van der Waals surface area contributed by atoms with Crippen LogP contribution in [0.15, 0.2) is 51.1 Å². The zero-order valence-electron chi connectivity index (χ0n) is 21.4. The molecular weight excluding hydrogens is 484 g/mol. The Morgan fingerprint density at radius 3 is 2.28 bits per heavy atom. The minimum atomic E-state index is -2.04. The van der Waals surface area contributed by atoms with Gasteiger partial charge >= 0.3 is 0 Å². The van der Waals surface area contributed by atoms with Crippen molar-refractivity contribution in [3.63, 3.8) is 0 Å². The van der Waals surface area contributed by atoms with Gasteiger partial charge in [-0.2, -0.15) is 0 Å². The van der Waals surface area contributed by atoms with Crippen LogP contribution in [0.2, 0.25) is 19.6 Å². The highest BCUT2D eigenvalue weighted by molar-refractivity contribution is 6.70. The summed E-state index contributed by atoms with van der Waals surface area (Å²) in [5, 5.41) is 0.195. The molecule has 2 aliphatic carbocycles. The van der Waals surface area contributed by atoms with Crippen molar-refractivity contribution in [1.82, 2.24) is 0 Å². The molecule has 1 aromatic heterocycles. The van der Waals surface area contributed by atoms with Gasteiger partial charge in [-0.1, -0.05) is 0 Å². The summed E-state index contributed by atoms with van der Waals surface area (Å²) in [5.41, 5.74) is -1.90. The molecule has 0 radical (unpaired) electrons. The first kappa shape index (κ1) is 25.7. The van der Waals surface area contributed by atoms with E-state index in [-0.39, 0.29) is 34.7 Å². The van der Waals surface area contributed by atoms with E-state index in [1.54, 1.807) is 18.2 Å². The van der Waals surface area contributed by atoms with Crippen molar-refractivity contribution in [2.24, 2.45) is 5.92 Å². The Labute approximate surface area is 209 Å². The van der Waals surface area contributed by atoms with Crippen LogP contribution >= 0.6 is 0 Å². The standard InChI is InChI=1S/C26H30O9Si/c1-30-14-9-18(31-2)24-17(27)12-23(34-19(24)10-14)26-16(25(29)20(32-3)13-21(26)28)8-15(11-22(26)33-4)35-36(5,6)7/h9-13,16,22H,8H2,1-7H3. The fourth-order valence-corrected chi connectivity index (χ4v) is 5.99. The molecule has 0 spiro atoms. The van der Waals surface area contributed by atoms with E-state index in [1.807, 2.05) is 19.6 Å². The molecule has 2 aliphatic rings. The first-order chi connectivity index (χ1) is 17.0. The predicted molar refractivity (Wildman–Crippen MR) is 134 cm³/mol. The van der Waals surface area contributed by atoms with Crippen molar-refractivity contribution < 1.29 is 37.4 Å². The van der Waals surface area contributed by atoms with Crippen LogP contribution < -0.4 is 14.9 Å². The first-order valence-electron chi connectivity index (χ1n) is 11.5. The summed E-state index contributed by atoms with van der Waals surface area (Å²) in [6.07, 6.45) is 2.04. The van der Waals surface area contributed by atoms with E-state index in [4.69, 9.17) is 27.8 Å². The zero-order chi connectivity index (χ0) is 26.4. The number of hydrogen-bond donors (Lipinski definition) is 0. The number of fused-ring (bicyclic) bond motifs is 2. The van der Waals surface area contributed by atoms with Gasteiger partial charge in [0.25, 0.3) is 0 Å². The lowest BCUT2D eigenvalue weighted by Gasteiger charge is -2.46. The maximum Gasteiger partial charge on any atom is 0.241 e. The van der Waals surface area contributed by atoms with Gasteiger partial charge in [0.2, 0.25) is 14.1 Å². The Morgan fingerprint density at radius 1 is 0.972 bits per heavy atom. The second-order valence-corrected chi connectivity index (χ2v) is 14.2. The SMILES string of the molecule is COC1=CC(=O)C2(c3cc(=O)c4c(OC)cc(OC)cc4o3)C(OC)C=C(O[Si](C)(C)C)CC2C1=O. The maximum atomic E-state index is 13.9. The Hall–Kier alpha value is -3.37. The molecule has 0 saturated carbocycles. The van der Waals surface area contributed by atoms with Crippen LogP contribution in [0.4, 0.5) is 0 Å². The molecule has 0 fully saturated rings. The van der Waals surface area contributed by atoms with Crippen molar-refractivity contribution in [1.29, 1.82) is 0 Å². The average Bonchev–Trinajstić information content (AvgIpc) is 2.83. The summed E-state index contributed by atoms with van der Waals surface area (Å²) in [6, 6.07) is 4.36. The third-order valence-electron chi connectivity index (χ3n) is 6.51. The van der Waals surface area contributed by atoms with Gasteiger partial charge in [-0.25, -0.2) is 0 Å². The second kappa shape index (κ2) is 9.25.